The minimum Gasteiger partial charge on any atom is -0.478 e. The van der Waals surface area contributed by atoms with Crippen LogP contribution in [0.15, 0.2) is 48.1 Å². The Morgan fingerprint density at radius 2 is 2.00 bits per heavy atom. The number of hydrogen-bond donors (Lipinski definition) is 2. The van der Waals surface area contributed by atoms with Gasteiger partial charge in [-0.25, -0.2) is 4.79 Å². The molecule has 94 valence electrons. The van der Waals surface area contributed by atoms with Crippen LogP contribution in [0.25, 0.3) is 5.57 Å². The second kappa shape index (κ2) is 4.76. The molecule has 0 aromatic heterocycles. The van der Waals surface area contributed by atoms with Crippen LogP contribution in [0.1, 0.15) is 12.0 Å². The Hall–Kier alpha value is -1.91. The maximum atomic E-state index is 11.2. The Balaban J connectivity index is 2.50. The molecular weight excluding hydrogens is 232 g/mol. The van der Waals surface area contributed by atoms with Crippen LogP contribution in [0.3, 0.4) is 0 Å². The summed E-state index contributed by atoms with van der Waals surface area (Å²) in [6, 6.07) is 9.13. The second-order valence-electron chi connectivity index (χ2n) is 4.12. The van der Waals surface area contributed by atoms with Crippen LogP contribution in [-0.2, 0) is 9.53 Å². The van der Waals surface area contributed by atoms with Crippen molar-refractivity contribution in [2.24, 2.45) is 0 Å². The van der Waals surface area contributed by atoms with Crippen molar-refractivity contribution < 1.29 is 19.7 Å². The quantitative estimate of drug-likeness (QED) is 0.798. The third kappa shape index (κ3) is 2.34. The molecule has 0 fully saturated rings. The Morgan fingerprint density at radius 3 is 2.56 bits per heavy atom. The molecule has 0 saturated heterocycles. The smallest absolute Gasteiger partial charge is 0.335 e. The highest BCUT2D eigenvalue weighted by Gasteiger charge is 2.31. The average Bonchev–Trinajstić information content (AvgIpc) is 2.39. The van der Waals surface area contributed by atoms with Gasteiger partial charge in [-0.3, -0.25) is 0 Å². The summed E-state index contributed by atoms with van der Waals surface area (Å²) >= 11 is 0. The van der Waals surface area contributed by atoms with Crippen molar-refractivity contribution in [3.05, 3.63) is 53.6 Å². The normalized spacial score (nSPS) is 23.2. The third-order valence-corrected chi connectivity index (χ3v) is 2.97. The van der Waals surface area contributed by atoms with Gasteiger partial charge < -0.3 is 14.9 Å². The summed E-state index contributed by atoms with van der Waals surface area (Å²) in [6.07, 6.45) is 2.87. The van der Waals surface area contributed by atoms with E-state index in [1.165, 1.54) is 19.3 Å². The maximum Gasteiger partial charge on any atom is 0.335 e. The molecule has 1 aliphatic carbocycles. The van der Waals surface area contributed by atoms with Crippen molar-refractivity contribution in [2.75, 3.05) is 7.11 Å². The van der Waals surface area contributed by atoms with E-state index in [1.807, 2.05) is 30.3 Å². The standard InChI is InChI=1S/C14H14O4/c1-18-14(17)8-7-11(13(15)16)12(9-14)10-5-3-2-4-6-10/h2-8,17H,9H2,1H3,(H,15,16). The van der Waals surface area contributed by atoms with E-state index in [2.05, 4.69) is 0 Å². The summed E-state index contributed by atoms with van der Waals surface area (Å²) in [5.74, 6) is -2.45. The van der Waals surface area contributed by atoms with E-state index in [-0.39, 0.29) is 12.0 Å². The van der Waals surface area contributed by atoms with Gasteiger partial charge in [0.2, 0.25) is 0 Å². The number of aliphatic carboxylic acids is 1. The largest absolute Gasteiger partial charge is 0.478 e. The van der Waals surface area contributed by atoms with Crippen molar-refractivity contribution >= 4 is 11.5 Å². The highest BCUT2D eigenvalue weighted by Crippen LogP contribution is 2.34. The lowest BCUT2D eigenvalue weighted by Gasteiger charge is -2.28. The minimum absolute atomic E-state index is 0.117. The molecule has 0 heterocycles. The van der Waals surface area contributed by atoms with Gasteiger partial charge in [0.05, 0.1) is 5.57 Å². The summed E-state index contributed by atoms with van der Waals surface area (Å²) in [5, 5.41) is 19.3. The summed E-state index contributed by atoms with van der Waals surface area (Å²) in [7, 11) is 1.39. The monoisotopic (exact) mass is 246 g/mol. The van der Waals surface area contributed by atoms with Gasteiger partial charge >= 0.3 is 5.97 Å². The number of hydrogen-bond acceptors (Lipinski definition) is 3. The van der Waals surface area contributed by atoms with Gasteiger partial charge in [0.15, 0.2) is 5.79 Å². The van der Waals surface area contributed by atoms with E-state index in [1.54, 1.807) is 0 Å². The molecule has 0 amide bonds. The number of aliphatic hydroxyl groups is 1. The number of benzene rings is 1. The Morgan fingerprint density at radius 1 is 1.33 bits per heavy atom. The number of ether oxygens (including phenoxy) is 1. The lowest BCUT2D eigenvalue weighted by molar-refractivity contribution is -0.142. The zero-order valence-electron chi connectivity index (χ0n) is 9.96. The summed E-state index contributed by atoms with van der Waals surface area (Å²) in [4.78, 5) is 11.2. The molecule has 18 heavy (non-hydrogen) atoms. The van der Waals surface area contributed by atoms with Crippen LogP contribution in [0.5, 0.6) is 0 Å². The lowest BCUT2D eigenvalue weighted by atomic mass is 9.88. The van der Waals surface area contributed by atoms with Crippen LogP contribution in [-0.4, -0.2) is 29.1 Å². The van der Waals surface area contributed by atoms with Crippen molar-refractivity contribution in [2.45, 2.75) is 12.2 Å². The summed E-state index contributed by atoms with van der Waals surface area (Å²) < 4.78 is 5.00. The molecule has 1 aromatic carbocycles. The first-order valence-electron chi connectivity index (χ1n) is 5.54. The number of methoxy groups -OCH3 is 1. The molecule has 1 atom stereocenters. The van der Waals surface area contributed by atoms with Gasteiger partial charge in [0.25, 0.3) is 0 Å². The van der Waals surface area contributed by atoms with E-state index in [4.69, 9.17) is 4.74 Å². The average molecular weight is 246 g/mol. The van der Waals surface area contributed by atoms with Gasteiger partial charge in [-0.05, 0) is 23.3 Å². The molecule has 4 nitrogen and oxygen atoms in total. The molecule has 0 spiro atoms. The molecule has 4 heteroatoms. The van der Waals surface area contributed by atoms with Crippen LogP contribution < -0.4 is 0 Å². The molecule has 0 bridgehead atoms. The molecule has 1 unspecified atom stereocenters. The van der Waals surface area contributed by atoms with E-state index in [0.29, 0.717) is 5.57 Å². The van der Waals surface area contributed by atoms with Crippen LogP contribution in [0.4, 0.5) is 0 Å². The first-order valence-corrected chi connectivity index (χ1v) is 5.54. The van der Waals surface area contributed by atoms with Gasteiger partial charge in [-0.15, -0.1) is 0 Å². The highest BCUT2D eigenvalue weighted by molar-refractivity contribution is 6.00. The Labute approximate surface area is 105 Å². The van der Waals surface area contributed by atoms with E-state index in [0.717, 1.165) is 5.56 Å². The zero-order chi connectivity index (χ0) is 13.2. The zero-order valence-corrected chi connectivity index (χ0v) is 9.96. The van der Waals surface area contributed by atoms with Crippen LogP contribution >= 0.6 is 0 Å². The maximum absolute atomic E-state index is 11.2. The number of rotatable bonds is 3. The predicted molar refractivity (Wildman–Crippen MR) is 66.7 cm³/mol. The van der Waals surface area contributed by atoms with Gasteiger partial charge in [0.1, 0.15) is 0 Å². The summed E-state index contributed by atoms with van der Waals surface area (Å²) in [5.41, 5.74) is 1.52. The highest BCUT2D eigenvalue weighted by atomic mass is 16.6. The first kappa shape index (κ1) is 12.5. The minimum atomic E-state index is -1.44. The SMILES string of the molecule is COC1(O)C=CC(C(=O)O)=C(c2ccccc2)C1. The number of carboxylic acids is 1. The Kier molecular flexibility index (Phi) is 3.32. The summed E-state index contributed by atoms with van der Waals surface area (Å²) in [6.45, 7) is 0. The topological polar surface area (TPSA) is 66.8 Å². The molecule has 0 aliphatic heterocycles. The second-order valence-corrected chi connectivity index (χ2v) is 4.12. The van der Waals surface area contributed by atoms with Crippen LogP contribution in [0.2, 0.25) is 0 Å². The fourth-order valence-corrected chi connectivity index (χ4v) is 1.96. The van der Waals surface area contributed by atoms with Gasteiger partial charge in [-0.1, -0.05) is 30.3 Å². The molecule has 0 saturated carbocycles. The third-order valence-electron chi connectivity index (χ3n) is 2.97. The fraction of sp³-hybridized carbons (Fsp3) is 0.214. The molecule has 0 radical (unpaired) electrons. The van der Waals surface area contributed by atoms with Crippen molar-refractivity contribution in [1.82, 2.24) is 0 Å². The first-order chi connectivity index (χ1) is 8.56. The molecule has 2 N–H and O–H groups in total. The molecule has 1 aromatic rings. The number of carboxylic acid groups (broad SMARTS) is 1. The van der Waals surface area contributed by atoms with E-state index < -0.39 is 11.8 Å². The van der Waals surface area contributed by atoms with Crippen molar-refractivity contribution in [1.29, 1.82) is 0 Å². The van der Waals surface area contributed by atoms with Crippen molar-refractivity contribution in [3.63, 3.8) is 0 Å². The lowest BCUT2D eigenvalue weighted by Crippen LogP contribution is -2.31. The van der Waals surface area contributed by atoms with E-state index >= 15 is 0 Å². The molecule has 1 aliphatic rings. The fourth-order valence-electron chi connectivity index (χ4n) is 1.96. The van der Waals surface area contributed by atoms with Crippen molar-refractivity contribution in [3.8, 4) is 0 Å². The Bertz CT molecular complexity index is 516. The number of carbonyl (C=O) groups is 1. The molecular formula is C14H14O4. The van der Waals surface area contributed by atoms with Crippen LogP contribution in [0, 0.1) is 0 Å². The van der Waals surface area contributed by atoms with Gasteiger partial charge in [0, 0.05) is 13.5 Å². The van der Waals surface area contributed by atoms with Gasteiger partial charge in [-0.2, -0.15) is 0 Å². The predicted octanol–water partition coefficient (Wildman–Crippen LogP) is 1.82. The molecule has 2 rings (SSSR count). The van der Waals surface area contributed by atoms with E-state index in [9.17, 15) is 15.0 Å².